The third kappa shape index (κ3) is 3.72. The second-order valence-corrected chi connectivity index (χ2v) is 10.3. The van der Waals surface area contributed by atoms with E-state index in [1.165, 1.54) is 16.2 Å². The number of para-hydroxylation sites is 3. The zero-order chi connectivity index (χ0) is 26.4. The zero-order valence-electron chi connectivity index (χ0n) is 20.9. The summed E-state index contributed by atoms with van der Waals surface area (Å²) in [5, 5.41) is 0.368. The minimum Gasteiger partial charge on any atom is -0.340 e. The molecular weight excluding hydrogens is 512 g/mol. The summed E-state index contributed by atoms with van der Waals surface area (Å²) in [7, 11) is 1.67. The highest BCUT2D eigenvalue weighted by atomic mass is 32.1. The van der Waals surface area contributed by atoms with Crippen LogP contribution in [0.5, 0.6) is 0 Å². The fourth-order valence-electron chi connectivity index (χ4n) is 4.90. The molecule has 0 aliphatic carbocycles. The molecule has 3 heterocycles. The van der Waals surface area contributed by atoms with Crippen LogP contribution in [0.25, 0.3) is 23.2 Å². The van der Waals surface area contributed by atoms with Crippen LogP contribution in [-0.4, -0.2) is 34.1 Å². The van der Waals surface area contributed by atoms with Crippen LogP contribution in [0.15, 0.2) is 95.8 Å². The molecule has 0 bridgehead atoms. The number of likely N-dealkylation sites (N-methyl/N-ethyl adjacent to an activating group) is 2. The lowest BCUT2D eigenvalue weighted by molar-refractivity contribution is -0.119. The molecule has 188 valence electrons. The number of hydrogen-bond acceptors (Lipinski definition) is 5. The lowest BCUT2D eigenvalue weighted by Crippen LogP contribution is -2.37. The third-order valence-electron chi connectivity index (χ3n) is 6.73. The zero-order valence-corrected chi connectivity index (χ0v) is 22.5. The Morgan fingerprint density at radius 2 is 1.45 bits per heavy atom. The van der Waals surface area contributed by atoms with Gasteiger partial charge in [0.05, 0.1) is 11.4 Å². The molecule has 0 spiro atoms. The van der Waals surface area contributed by atoms with Crippen molar-refractivity contribution in [2.24, 2.45) is 0 Å². The molecule has 1 saturated heterocycles. The Labute approximate surface area is 229 Å². The van der Waals surface area contributed by atoms with Gasteiger partial charge in [0.1, 0.15) is 14.9 Å². The topological polar surface area (TPSA) is 48.8 Å². The van der Waals surface area contributed by atoms with E-state index in [4.69, 9.17) is 12.2 Å². The summed E-state index contributed by atoms with van der Waals surface area (Å²) < 4.78 is 2.73. The van der Waals surface area contributed by atoms with E-state index in [9.17, 15) is 9.59 Å². The molecule has 2 aliphatic heterocycles. The SMILES string of the molecule is CCN1C(=c2sc(=C3C(=O)N(C)C(=S)N3c3ccccc3)n(-c3ccccc3)c2=O)C=Cc2ccccc21. The van der Waals surface area contributed by atoms with E-state index >= 15 is 0 Å². The number of fused-ring (bicyclic) bond motifs is 1. The Kier molecular flexibility index (Phi) is 6.06. The van der Waals surface area contributed by atoms with E-state index in [0.717, 1.165) is 22.6 Å². The van der Waals surface area contributed by atoms with Crippen molar-refractivity contribution in [1.82, 2.24) is 9.47 Å². The minimum atomic E-state index is -0.252. The van der Waals surface area contributed by atoms with Crippen molar-refractivity contribution in [2.75, 3.05) is 23.4 Å². The summed E-state index contributed by atoms with van der Waals surface area (Å²) >= 11 is 7.03. The summed E-state index contributed by atoms with van der Waals surface area (Å²) in [5.74, 6) is -0.252. The van der Waals surface area contributed by atoms with Crippen molar-refractivity contribution in [3.8, 4) is 5.69 Å². The fraction of sp³-hybridized carbons (Fsp3) is 0.100. The number of anilines is 2. The van der Waals surface area contributed by atoms with Gasteiger partial charge in [0, 0.05) is 25.0 Å². The molecule has 6 nitrogen and oxygen atoms in total. The minimum absolute atomic E-state index is 0.178. The Morgan fingerprint density at radius 3 is 2.13 bits per heavy atom. The van der Waals surface area contributed by atoms with E-state index < -0.39 is 0 Å². The van der Waals surface area contributed by atoms with Crippen LogP contribution in [0, 0.1) is 0 Å². The molecule has 0 radical (unpaired) electrons. The van der Waals surface area contributed by atoms with Crippen molar-refractivity contribution in [2.45, 2.75) is 6.92 Å². The van der Waals surface area contributed by atoms with E-state index in [1.54, 1.807) is 16.5 Å². The van der Waals surface area contributed by atoms with Gasteiger partial charge < -0.3 is 4.90 Å². The van der Waals surface area contributed by atoms with Gasteiger partial charge in [-0.05, 0) is 61.1 Å². The number of thiazole rings is 1. The number of benzene rings is 3. The average Bonchev–Trinajstić information content (AvgIpc) is 3.41. The van der Waals surface area contributed by atoms with E-state index in [0.29, 0.717) is 32.2 Å². The molecule has 3 aromatic carbocycles. The van der Waals surface area contributed by atoms with Crippen molar-refractivity contribution in [3.63, 3.8) is 0 Å². The van der Waals surface area contributed by atoms with Gasteiger partial charge in [0.2, 0.25) is 0 Å². The van der Waals surface area contributed by atoms with E-state index in [1.807, 2.05) is 84.9 Å². The van der Waals surface area contributed by atoms with Crippen molar-refractivity contribution in [1.29, 1.82) is 0 Å². The van der Waals surface area contributed by atoms with Crippen LogP contribution in [0.2, 0.25) is 0 Å². The molecule has 0 N–H and O–H groups in total. The van der Waals surface area contributed by atoms with E-state index in [-0.39, 0.29) is 11.5 Å². The maximum absolute atomic E-state index is 14.2. The van der Waals surface area contributed by atoms with Crippen LogP contribution in [0.3, 0.4) is 0 Å². The number of thiocarbonyl (C=S) groups is 1. The Hall–Kier alpha value is -4.27. The van der Waals surface area contributed by atoms with Gasteiger partial charge in [-0.25, -0.2) is 0 Å². The highest BCUT2D eigenvalue weighted by Crippen LogP contribution is 2.31. The van der Waals surface area contributed by atoms with Crippen LogP contribution in [0.1, 0.15) is 12.5 Å². The van der Waals surface area contributed by atoms with Crippen molar-refractivity contribution >= 4 is 63.4 Å². The summed E-state index contributed by atoms with van der Waals surface area (Å²) in [6, 6.07) is 27.1. The quantitative estimate of drug-likeness (QED) is 0.372. The molecule has 0 saturated carbocycles. The molecular formula is C30H24N4O2S2. The predicted molar refractivity (Wildman–Crippen MR) is 159 cm³/mol. The Morgan fingerprint density at radius 1 is 0.816 bits per heavy atom. The first kappa shape index (κ1) is 24.1. The van der Waals surface area contributed by atoms with Gasteiger partial charge in [-0.2, -0.15) is 0 Å². The largest absolute Gasteiger partial charge is 0.340 e. The van der Waals surface area contributed by atoms with Crippen LogP contribution >= 0.6 is 23.6 Å². The predicted octanol–water partition coefficient (Wildman–Crippen LogP) is 3.93. The standard InChI is InChI=1S/C30H24N4O2S2/c1-3-32-23-17-11-10-12-20(23)18-19-24(32)26-28(36)34(22-15-8-5-9-16-22)29(38-26)25-27(35)31(2)30(37)33(25)21-13-6-4-7-14-21/h4-19H,3H2,1-2H3. The first-order valence-electron chi connectivity index (χ1n) is 12.3. The molecule has 0 atom stereocenters. The second-order valence-electron chi connectivity index (χ2n) is 8.90. The fourth-order valence-corrected chi connectivity index (χ4v) is 6.39. The van der Waals surface area contributed by atoms with Crippen molar-refractivity contribution < 1.29 is 4.79 Å². The highest BCUT2D eigenvalue weighted by Gasteiger charge is 2.39. The van der Waals surface area contributed by atoms with E-state index in [2.05, 4.69) is 24.0 Å². The Balaban J connectivity index is 1.74. The number of hydrogen-bond donors (Lipinski definition) is 0. The van der Waals surface area contributed by atoms with Gasteiger partial charge in [-0.15, -0.1) is 11.3 Å². The Bertz CT molecular complexity index is 1790. The summed E-state index contributed by atoms with van der Waals surface area (Å²) in [6.07, 6.45) is 4.03. The summed E-state index contributed by atoms with van der Waals surface area (Å²) in [6.45, 7) is 2.76. The first-order chi connectivity index (χ1) is 18.5. The molecule has 4 aromatic rings. The molecule has 1 fully saturated rings. The molecule has 6 rings (SSSR count). The molecule has 1 aromatic heterocycles. The van der Waals surface area contributed by atoms with Gasteiger partial charge in [-0.1, -0.05) is 60.7 Å². The van der Waals surface area contributed by atoms with Gasteiger partial charge in [0.15, 0.2) is 5.11 Å². The molecule has 2 aliphatic rings. The monoisotopic (exact) mass is 536 g/mol. The summed E-state index contributed by atoms with van der Waals surface area (Å²) in [5.41, 5.74) is 4.59. The number of carbonyl (C=O) groups is 1. The smallest absolute Gasteiger partial charge is 0.279 e. The van der Waals surface area contributed by atoms with Crippen LogP contribution in [-0.2, 0) is 4.79 Å². The maximum Gasteiger partial charge on any atom is 0.279 e. The van der Waals surface area contributed by atoms with Gasteiger partial charge >= 0.3 is 0 Å². The number of nitrogens with zero attached hydrogens (tertiary/aromatic N) is 4. The number of rotatable bonds is 3. The van der Waals surface area contributed by atoms with Gasteiger partial charge in [0.25, 0.3) is 11.5 Å². The second kappa shape index (κ2) is 9.55. The molecule has 8 heteroatoms. The number of amides is 1. The third-order valence-corrected chi connectivity index (χ3v) is 8.34. The van der Waals surface area contributed by atoms with Gasteiger partial charge in [-0.3, -0.25) is 24.0 Å². The average molecular weight is 537 g/mol. The maximum atomic E-state index is 14.2. The lowest BCUT2D eigenvalue weighted by atomic mass is 10.1. The van der Waals surface area contributed by atoms with Crippen LogP contribution in [0.4, 0.5) is 11.4 Å². The number of carbonyl (C=O) groups excluding carboxylic acids is 1. The highest BCUT2D eigenvalue weighted by molar-refractivity contribution is 7.80. The normalized spacial score (nSPS) is 17.9. The molecule has 0 unspecified atom stereocenters. The lowest BCUT2D eigenvalue weighted by Gasteiger charge is -2.28. The van der Waals surface area contributed by atoms with Crippen LogP contribution < -0.4 is 24.6 Å². The number of aromatic nitrogens is 1. The molecule has 1 amide bonds. The van der Waals surface area contributed by atoms with Crippen molar-refractivity contribution in [3.05, 3.63) is 116 Å². The summed E-state index contributed by atoms with van der Waals surface area (Å²) in [4.78, 5) is 33.3. The molecule has 38 heavy (non-hydrogen) atoms. The first-order valence-corrected chi connectivity index (χ1v) is 13.5.